The van der Waals surface area contributed by atoms with Crippen molar-refractivity contribution >= 4 is 32.9 Å². The lowest BCUT2D eigenvalue weighted by atomic mass is 9.96. The Bertz CT molecular complexity index is 993. The summed E-state index contributed by atoms with van der Waals surface area (Å²) in [5.41, 5.74) is 3.33. The molecule has 0 spiro atoms. The van der Waals surface area contributed by atoms with Crippen LogP contribution in [0, 0.1) is 0 Å². The minimum atomic E-state index is -0.689. The summed E-state index contributed by atoms with van der Waals surface area (Å²) < 4.78 is 7.71. The lowest BCUT2D eigenvalue weighted by Crippen LogP contribution is -2.42. The van der Waals surface area contributed by atoms with Gasteiger partial charge in [0.15, 0.2) is 6.29 Å². The van der Waals surface area contributed by atoms with E-state index >= 15 is 0 Å². The average molecular weight is 438 g/mol. The molecule has 4 rings (SSSR count). The molecule has 0 radical (unpaired) electrons. The summed E-state index contributed by atoms with van der Waals surface area (Å²) in [5, 5.41) is 0. The summed E-state index contributed by atoms with van der Waals surface area (Å²) >= 11 is 3.43. The Morgan fingerprint density at radius 3 is 2.96 bits per heavy atom. The lowest BCUT2D eigenvalue weighted by molar-refractivity contribution is -0.200. The van der Waals surface area contributed by atoms with Crippen LogP contribution >= 0.6 is 15.9 Å². The number of aromatic nitrogens is 2. The Balaban J connectivity index is 1.57. The van der Waals surface area contributed by atoms with Gasteiger partial charge in [-0.1, -0.05) is 15.9 Å². The Labute approximate surface area is 162 Å². The van der Waals surface area contributed by atoms with Crippen LogP contribution in [0.15, 0.2) is 26.2 Å². The second-order valence-electron chi connectivity index (χ2n) is 6.93. The molecule has 2 aliphatic rings. The first-order valence-corrected chi connectivity index (χ1v) is 9.85. The quantitative estimate of drug-likeness (QED) is 0.561. The highest BCUT2D eigenvalue weighted by molar-refractivity contribution is 9.10. The number of benzene rings is 1. The van der Waals surface area contributed by atoms with E-state index in [1.54, 1.807) is 6.07 Å². The highest BCUT2D eigenvalue weighted by Crippen LogP contribution is 2.32. The highest BCUT2D eigenvalue weighted by Gasteiger charge is 2.27. The molecule has 0 saturated carbocycles. The highest BCUT2D eigenvalue weighted by atomic mass is 79.9. The van der Waals surface area contributed by atoms with Gasteiger partial charge in [-0.2, -0.15) is 0 Å². The number of nitrogens with one attached hydrogen (secondary N) is 2. The molecule has 1 aromatic carbocycles. The van der Waals surface area contributed by atoms with Crippen LogP contribution in [-0.2, 0) is 20.8 Å². The molecule has 2 atom stereocenters. The maximum absolute atomic E-state index is 12.5. The van der Waals surface area contributed by atoms with Gasteiger partial charge in [-0.3, -0.25) is 19.0 Å². The van der Waals surface area contributed by atoms with Crippen molar-refractivity contribution < 1.29 is 14.4 Å². The van der Waals surface area contributed by atoms with Crippen LogP contribution in [-0.4, -0.2) is 28.4 Å². The number of hydroxylamine groups is 1. The van der Waals surface area contributed by atoms with Crippen LogP contribution < -0.4 is 16.6 Å². The topological polar surface area (TPSA) is 102 Å². The molecule has 9 heteroatoms. The van der Waals surface area contributed by atoms with Crippen LogP contribution in [0.25, 0.3) is 11.0 Å². The minimum Gasteiger partial charge on any atom is -0.350 e. The van der Waals surface area contributed by atoms with Crippen LogP contribution in [0.5, 0.6) is 0 Å². The molecule has 2 aliphatic heterocycles. The maximum atomic E-state index is 12.5. The molecule has 1 fully saturated rings. The van der Waals surface area contributed by atoms with E-state index in [1.807, 2.05) is 6.07 Å². The van der Waals surface area contributed by atoms with Crippen LogP contribution in [0.1, 0.15) is 43.7 Å². The fourth-order valence-electron chi connectivity index (χ4n) is 3.80. The van der Waals surface area contributed by atoms with E-state index in [2.05, 4.69) is 26.4 Å². The molecule has 2 aromatic rings. The van der Waals surface area contributed by atoms with Gasteiger partial charge in [-0.25, -0.2) is 10.3 Å². The summed E-state index contributed by atoms with van der Waals surface area (Å²) in [4.78, 5) is 44.9. The predicted molar refractivity (Wildman–Crippen MR) is 101 cm³/mol. The zero-order valence-corrected chi connectivity index (χ0v) is 16.2. The molecule has 0 bridgehead atoms. The fraction of sp³-hybridized carbons (Fsp3) is 0.500. The summed E-state index contributed by atoms with van der Waals surface area (Å²) in [7, 11) is 0. The Kier molecular flexibility index (Phi) is 5.16. The van der Waals surface area contributed by atoms with Crippen molar-refractivity contribution in [3.05, 3.63) is 42.9 Å². The van der Waals surface area contributed by atoms with Crippen LogP contribution in [0.4, 0.5) is 0 Å². The smallest absolute Gasteiger partial charge is 0.317 e. The van der Waals surface area contributed by atoms with Crippen molar-refractivity contribution in [3.8, 4) is 0 Å². The number of H-pyrrole nitrogens is 1. The molecule has 27 heavy (non-hydrogen) atoms. The molecule has 8 nitrogen and oxygen atoms in total. The first-order chi connectivity index (χ1) is 13.0. The molecule has 1 aromatic heterocycles. The first kappa shape index (κ1) is 18.4. The number of rotatable bonds is 4. The van der Waals surface area contributed by atoms with Gasteiger partial charge in [0.25, 0.3) is 0 Å². The number of carbonyl (C=O) groups excluding carboxylic acids is 1. The molecule has 2 N–H and O–H groups in total. The molecule has 3 heterocycles. The zero-order chi connectivity index (χ0) is 19.0. The minimum absolute atomic E-state index is 0.0562. The van der Waals surface area contributed by atoms with Gasteiger partial charge < -0.3 is 9.72 Å². The van der Waals surface area contributed by atoms with Crippen molar-refractivity contribution in [1.29, 1.82) is 0 Å². The molecular formula is C18H20BrN3O5. The third kappa shape index (κ3) is 3.71. The van der Waals surface area contributed by atoms with E-state index in [1.165, 1.54) is 4.57 Å². The van der Waals surface area contributed by atoms with Crippen molar-refractivity contribution in [2.45, 2.75) is 50.9 Å². The van der Waals surface area contributed by atoms with Gasteiger partial charge in [0.05, 0.1) is 11.0 Å². The van der Waals surface area contributed by atoms with Gasteiger partial charge in [0.1, 0.15) is 0 Å². The molecule has 0 aliphatic carbocycles. The normalized spacial score (nSPS) is 22.0. The zero-order valence-electron chi connectivity index (χ0n) is 14.6. The number of amides is 1. The second-order valence-corrected chi connectivity index (χ2v) is 7.84. The van der Waals surface area contributed by atoms with Gasteiger partial charge in [0.2, 0.25) is 5.91 Å². The Morgan fingerprint density at radius 1 is 1.33 bits per heavy atom. The molecule has 1 amide bonds. The molecule has 2 unspecified atom stereocenters. The lowest BCUT2D eigenvalue weighted by Gasteiger charge is -2.28. The van der Waals surface area contributed by atoms with Crippen LogP contribution in [0.3, 0.4) is 0 Å². The predicted octanol–water partition coefficient (Wildman–Crippen LogP) is 1.90. The number of carbonyl (C=O) groups is 1. The van der Waals surface area contributed by atoms with E-state index in [9.17, 15) is 14.4 Å². The summed E-state index contributed by atoms with van der Waals surface area (Å²) in [6, 6.07) is 3.31. The molecular weight excluding hydrogens is 418 g/mol. The molecule has 1 saturated heterocycles. The van der Waals surface area contributed by atoms with E-state index in [-0.39, 0.29) is 12.3 Å². The number of hydrogen-bond donors (Lipinski definition) is 2. The van der Waals surface area contributed by atoms with Gasteiger partial charge >= 0.3 is 11.1 Å². The number of aromatic amines is 1. The monoisotopic (exact) mass is 437 g/mol. The number of halogens is 1. The van der Waals surface area contributed by atoms with Crippen LogP contribution in [0.2, 0.25) is 0 Å². The van der Waals surface area contributed by atoms with Crippen molar-refractivity contribution in [3.63, 3.8) is 0 Å². The largest absolute Gasteiger partial charge is 0.350 e. The van der Waals surface area contributed by atoms with Gasteiger partial charge in [-0.05, 0) is 43.4 Å². The third-order valence-corrected chi connectivity index (χ3v) is 5.49. The van der Waals surface area contributed by atoms with Gasteiger partial charge in [0, 0.05) is 30.0 Å². The number of nitrogens with zero attached hydrogens (tertiary/aromatic N) is 1. The Hall–Kier alpha value is -1.97. The van der Waals surface area contributed by atoms with Gasteiger partial charge in [-0.15, -0.1) is 0 Å². The summed E-state index contributed by atoms with van der Waals surface area (Å²) in [6.07, 6.45) is 3.66. The van der Waals surface area contributed by atoms with Crippen molar-refractivity contribution in [2.75, 3.05) is 6.61 Å². The van der Waals surface area contributed by atoms with E-state index < -0.39 is 23.5 Å². The maximum Gasteiger partial charge on any atom is 0.317 e. The third-order valence-electron chi connectivity index (χ3n) is 5.03. The standard InChI is InChI=1S/C18H20BrN3O5/c19-11-7-10-4-5-12(9-14(23)21-27-15-3-1-2-6-26-15)22-16(10)13(8-11)20-17(24)18(22)25/h7-8,12,15H,1-6,9H2,(H,20,24)(H,21,23). The average Bonchev–Trinajstić information content (AvgIpc) is 2.66. The fourth-order valence-corrected chi connectivity index (χ4v) is 4.30. The van der Waals surface area contributed by atoms with Crippen molar-refractivity contribution in [1.82, 2.24) is 15.0 Å². The van der Waals surface area contributed by atoms with Crippen molar-refractivity contribution in [2.24, 2.45) is 0 Å². The number of aryl methyl sites for hydroxylation is 1. The summed E-state index contributed by atoms with van der Waals surface area (Å²) in [5.74, 6) is -0.338. The first-order valence-electron chi connectivity index (χ1n) is 9.06. The summed E-state index contributed by atoms with van der Waals surface area (Å²) in [6.45, 7) is 0.621. The van der Waals surface area contributed by atoms with E-state index in [0.29, 0.717) is 30.5 Å². The van der Waals surface area contributed by atoms with E-state index in [0.717, 1.165) is 29.3 Å². The van der Waals surface area contributed by atoms with E-state index in [4.69, 9.17) is 9.57 Å². The number of hydrogen-bond acceptors (Lipinski definition) is 5. The molecule has 144 valence electrons. The number of ether oxygens (including phenoxy) is 1. The second kappa shape index (κ2) is 7.57. The Morgan fingerprint density at radius 2 is 2.19 bits per heavy atom. The SMILES string of the molecule is O=C(CC1CCc2cc(Br)cc3[nH]c(=O)c(=O)n1c23)NOC1CCCCO1.